The van der Waals surface area contributed by atoms with Crippen molar-refractivity contribution in [2.45, 2.75) is 5.75 Å². The maximum Gasteiger partial charge on any atom is 0.210 e. The molecule has 0 aliphatic carbocycles. The van der Waals surface area contributed by atoms with E-state index >= 15 is 0 Å². The van der Waals surface area contributed by atoms with Gasteiger partial charge < -0.3 is 10.2 Å². The number of aromatic nitrogens is 1. The van der Waals surface area contributed by atoms with E-state index < -0.39 is 9.84 Å². The van der Waals surface area contributed by atoms with Crippen LogP contribution in [0.25, 0.3) is 11.1 Å². The van der Waals surface area contributed by atoms with Crippen LogP contribution in [0.2, 0.25) is 5.02 Å². The Labute approximate surface area is 97.1 Å². The van der Waals surface area contributed by atoms with Gasteiger partial charge in [0.15, 0.2) is 15.4 Å². The molecule has 0 atom stereocenters. The summed E-state index contributed by atoms with van der Waals surface area (Å²) in [4.78, 5) is 4.01. The summed E-state index contributed by atoms with van der Waals surface area (Å²) in [6.07, 6.45) is 1.11. The summed E-state index contributed by atoms with van der Waals surface area (Å²) in [7, 11) is -3.17. The van der Waals surface area contributed by atoms with E-state index in [0.29, 0.717) is 21.8 Å². The molecule has 5 nitrogen and oxygen atoms in total. The molecule has 0 saturated carbocycles. The number of oxazole rings is 1. The number of nitrogen functional groups attached to an aromatic ring is 1. The number of anilines is 1. The average molecular weight is 261 g/mol. The van der Waals surface area contributed by atoms with Crippen LogP contribution in [0.5, 0.6) is 0 Å². The Morgan fingerprint density at radius 2 is 2.19 bits per heavy atom. The Kier molecular flexibility index (Phi) is 2.55. The number of fused-ring (bicyclic) bond motifs is 1. The highest BCUT2D eigenvalue weighted by Crippen LogP contribution is 2.26. The summed E-state index contributed by atoms with van der Waals surface area (Å²) in [5.41, 5.74) is 6.89. The molecule has 2 rings (SSSR count). The number of hydrogen-bond donors (Lipinski definition) is 1. The van der Waals surface area contributed by atoms with Crippen molar-refractivity contribution >= 4 is 38.2 Å². The van der Waals surface area contributed by atoms with Gasteiger partial charge in [0, 0.05) is 12.3 Å². The predicted molar refractivity (Wildman–Crippen MR) is 62.0 cm³/mol. The first kappa shape index (κ1) is 11.2. The van der Waals surface area contributed by atoms with Crippen LogP contribution in [-0.4, -0.2) is 19.7 Å². The molecule has 2 aromatic rings. The van der Waals surface area contributed by atoms with Gasteiger partial charge in [-0.2, -0.15) is 0 Å². The molecule has 1 aromatic carbocycles. The lowest BCUT2D eigenvalue weighted by Gasteiger charge is -1.94. The number of rotatable bonds is 2. The molecule has 86 valence electrons. The van der Waals surface area contributed by atoms with Crippen LogP contribution in [0.3, 0.4) is 0 Å². The minimum Gasteiger partial charge on any atom is -0.440 e. The van der Waals surface area contributed by atoms with Gasteiger partial charge in [0.2, 0.25) is 5.89 Å². The molecule has 0 aliphatic rings. The van der Waals surface area contributed by atoms with Crippen LogP contribution < -0.4 is 5.73 Å². The second-order valence-electron chi connectivity index (χ2n) is 3.52. The average Bonchev–Trinajstić information content (AvgIpc) is 2.44. The maximum atomic E-state index is 11.1. The standard InChI is InChI=1S/C9H9ClN2O3S/c1-16(13,14)4-9-12-7-2-5(10)6(11)3-8(7)15-9/h2-3H,4,11H2,1H3. The molecule has 0 aliphatic heterocycles. The Morgan fingerprint density at radius 3 is 2.81 bits per heavy atom. The number of sulfone groups is 1. The van der Waals surface area contributed by atoms with Gasteiger partial charge >= 0.3 is 0 Å². The monoisotopic (exact) mass is 260 g/mol. The molecule has 2 N–H and O–H groups in total. The molecule has 0 amide bonds. The molecular formula is C9H9ClN2O3S. The molecule has 7 heteroatoms. The highest BCUT2D eigenvalue weighted by Gasteiger charge is 2.13. The van der Waals surface area contributed by atoms with Gasteiger partial charge in [-0.1, -0.05) is 11.6 Å². The summed E-state index contributed by atoms with van der Waals surface area (Å²) in [5, 5.41) is 0.367. The van der Waals surface area contributed by atoms with Gasteiger partial charge in [0.05, 0.1) is 10.7 Å². The van der Waals surface area contributed by atoms with Gasteiger partial charge in [0.25, 0.3) is 0 Å². The minimum absolute atomic E-state index is 0.138. The van der Waals surface area contributed by atoms with Crippen LogP contribution >= 0.6 is 11.6 Å². The van der Waals surface area contributed by atoms with E-state index in [4.69, 9.17) is 21.8 Å². The first-order valence-corrected chi connectivity index (χ1v) is 6.81. The Bertz CT molecular complexity index is 609. The summed E-state index contributed by atoms with van der Waals surface area (Å²) in [5.74, 6) is -0.0988. The van der Waals surface area contributed by atoms with Crippen LogP contribution in [0.15, 0.2) is 16.5 Å². The first-order chi connectivity index (χ1) is 7.35. The number of nitrogens with zero attached hydrogens (tertiary/aromatic N) is 1. The largest absolute Gasteiger partial charge is 0.440 e. The third-order valence-electron chi connectivity index (χ3n) is 1.94. The van der Waals surface area contributed by atoms with Crippen molar-refractivity contribution in [1.29, 1.82) is 0 Å². The highest BCUT2D eigenvalue weighted by molar-refractivity contribution is 7.89. The van der Waals surface area contributed by atoms with Crippen molar-refractivity contribution < 1.29 is 12.8 Å². The smallest absolute Gasteiger partial charge is 0.210 e. The molecule has 0 spiro atoms. The van der Waals surface area contributed by atoms with E-state index in [1.807, 2.05) is 0 Å². The molecule has 0 saturated heterocycles. The van der Waals surface area contributed by atoms with Crippen LogP contribution in [0, 0.1) is 0 Å². The first-order valence-electron chi connectivity index (χ1n) is 4.37. The lowest BCUT2D eigenvalue weighted by atomic mass is 10.3. The summed E-state index contributed by atoms with van der Waals surface area (Å²) >= 11 is 5.81. The lowest BCUT2D eigenvalue weighted by molar-refractivity contribution is 0.542. The van der Waals surface area contributed by atoms with Crippen molar-refractivity contribution in [3.63, 3.8) is 0 Å². The van der Waals surface area contributed by atoms with Gasteiger partial charge in [-0.15, -0.1) is 0 Å². The van der Waals surface area contributed by atoms with E-state index in [1.165, 1.54) is 6.07 Å². The predicted octanol–water partition coefficient (Wildman–Crippen LogP) is 1.61. The fourth-order valence-electron chi connectivity index (χ4n) is 1.30. The van der Waals surface area contributed by atoms with Crippen molar-refractivity contribution in [3.8, 4) is 0 Å². The van der Waals surface area contributed by atoms with Crippen LogP contribution in [0.4, 0.5) is 5.69 Å². The fraction of sp³-hybridized carbons (Fsp3) is 0.222. The normalized spacial score (nSPS) is 12.1. The van der Waals surface area contributed by atoms with E-state index in [-0.39, 0.29) is 11.6 Å². The van der Waals surface area contributed by atoms with Crippen molar-refractivity contribution in [2.24, 2.45) is 0 Å². The number of halogens is 1. The van der Waals surface area contributed by atoms with E-state index in [1.54, 1.807) is 6.07 Å². The SMILES string of the molecule is CS(=O)(=O)Cc1nc2cc(Cl)c(N)cc2o1. The van der Waals surface area contributed by atoms with Gasteiger partial charge in [-0.3, -0.25) is 0 Å². The minimum atomic E-state index is -3.17. The van der Waals surface area contributed by atoms with Crippen LogP contribution in [0.1, 0.15) is 5.89 Å². The zero-order chi connectivity index (χ0) is 11.9. The second kappa shape index (κ2) is 3.64. The summed E-state index contributed by atoms with van der Waals surface area (Å²) < 4.78 is 27.4. The molecule has 0 bridgehead atoms. The zero-order valence-electron chi connectivity index (χ0n) is 8.40. The molecule has 0 radical (unpaired) electrons. The second-order valence-corrected chi connectivity index (χ2v) is 6.07. The maximum absolute atomic E-state index is 11.1. The van der Waals surface area contributed by atoms with Crippen molar-refractivity contribution in [1.82, 2.24) is 4.98 Å². The third-order valence-corrected chi connectivity index (χ3v) is 3.04. The summed E-state index contributed by atoms with van der Waals surface area (Å²) in [6, 6.07) is 3.07. The quantitative estimate of drug-likeness (QED) is 0.829. The highest BCUT2D eigenvalue weighted by atomic mass is 35.5. The summed E-state index contributed by atoms with van der Waals surface area (Å²) in [6.45, 7) is 0. The van der Waals surface area contributed by atoms with E-state index in [0.717, 1.165) is 6.26 Å². The topological polar surface area (TPSA) is 86.2 Å². The number of nitrogens with two attached hydrogens (primary N) is 1. The molecule has 1 aromatic heterocycles. The van der Waals surface area contributed by atoms with Crippen molar-refractivity contribution in [2.75, 3.05) is 12.0 Å². The van der Waals surface area contributed by atoms with E-state index in [9.17, 15) is 8.42 Å². The molecule has 0 fully saturated rings. The van der Waals surface area contributed by atoms with E-state index in [2.05, 4.69) is 4.98 Å². The molecule has 1 heterocycles. The van der Waals surface area contributed by atoms with Gasteiger partial charge in [-0.25, -0.2) is 13.4 Å². The Hall–Kier alpha value is -1.27. The van der Waals surface area contributed by atoms with Crippen LogP contribution in [-0.2, 0) is 15.6 Å². The molecule has 0 unspecified atom stereocenters. The lowest BCUT2D eigenvalue weighted by Crippen LogP contribution is -2.00. The Morgan fingerprint density at radius 1 is 1.50 bits per heavy atom. The molecular weight excluding hydrogens is 252 g/mol. The van der Waals surface area contributed by atoms with Gasteiger partial charge in [-0.05, 0) is 6.07 Å². The number of benzene rings is 1. The zero-order valence-corrected chi connectivity index (χ0v) is 9.97. The molecule has 16 heavy (non-hydrogen) atoms. The van der Waals surface area contributed by atoms with Crippen molar-refractivity contribution in [3.05, 3.63) is 23.0 Å². The third kappa shape index (κ3) is 2.28. The van der Waals surface area contributed by atoms with Gasteiger partial charge in [0.1, 0.15) is 11.3 Å². The Balaban J connectivity index is 2.52. The number of hydrogen-bond acceptors (Lipinski definition) is 5. The fourth-order valence-corrected chi connectivity index (χ4v) is 2.03.